The van der Waals surface area contributed by atoms with Crippen molar-refractivity contribution in [1.82, 2.24) is 10.2 Å². The number of carbonyl (C=O) groups is 1. The summed E-state index contributed by atoms with van der Waals surface area (Å²) in [5.74, 6) is -1.08. The molecule has 0 aromatic heterocycles. The van der Waals surface area contributed by atoms with Crippen LogP contribution in [0.3, 0.4) is 0 Å². The van der Waals surface area contributed by atoms with Crippen LogP contribution in [0.5, 0.6) is 11.5 Å². The van der Waals surface area contributed by atoms with Crippen molar-refractivity contribution in [1.29, 1.82) is 0 Å². The van der Waals surface area contributed by atoms with Gasteiger partial charge in [-0.25, -0.2) is 17.6 Å². The van der Waals surface area contributed by atoms with E-state index < -0.39 is 36.0 Å². The molecule has 1 fully saturated rings. The highest BCUT2D eigenvalue weighted by Gasteiger charge is 2.39. The zero-order valence-corrected chi connectivity index (χ0v) is 39.8. The molecule has 344 valence electrons. The van der Waals surface area contributed by atoms with E-state index in [0.717, 1.165) is 69.2 Å². The van der Waals surface area contributed by atoms with Gasteiger partial charge in [0.15, 0.2) is 8.32 Å². The van der Waals surface area contributed by atoms with Gasteiger partial charge in [-0.15, -0.1) is 0 Å². The number of sulfonamides is 1. The van der Waals surface area contributed by atoms with Crippen LogP contribution in [-0.2, 0) is 21.1 Å². The molecule has 1 atom stereocenters. The number of amides is 1. The normalized spacial score (nSPS) is 14.7. The van der Waals surface area contributed by atoms with Gasteiger partial charge < -0.3 is 29.6 Å². The lowest BCUT2D eigenvalue weighted by Crippen LogP contribution is -2.47. The third-order valence-corrected chi connectivity index (χ3v) is 17.4. The van der Waals surface area contributed by atoms with Gasteiger partial charge in [-0.2, -0.15) is 0 Å². The number of benzene rings is 4. The van der Waals surface area contributed by atoms with E-state index in [4.69, 9.17) is 9.16 Å². The molecule has 1 heterocycles. The molecule has 14 heteroatoms. The first kappa shape index (κ1) is 49.5. The van der Waals surface area contributed by atoms with Crippen LogP contribution in [0.4, 0.5) is 20.6 Å². The summed E-state index contributed by atoms with van der Waals surface area (Å²) in [5, 5.41) is 25.6. The Hall–Kier alpha value is -4.47. The van der Waals surface area contributed by atoms with E-state index in [1.165, 1.54) is 36.3 Å². The molecule has 4 aromatic rings. The summed E-state index contributed by atoms with van der Waals surface area (Å²) in [6, 6.07) is 26.2. The van der Waals surface area contributed by atoms with E-state index in [1.807, 2.05) is 48.5 Å². The number of hydrogen-bond acceptors (Lipinski definition) is 8. The van der Waals surface area contributed by atoms with Crippen LogP contribution in [0.25, 0.3) is 11.1 Å². The fraction of sp³-hybridized carbons (Fsp3) is 0.490. The van der Waals surface area contributed by atoms with Gasteiger partial charge in [0.2, 0.25) is 10.0 Å². The first-order chi connectivity index (χ1) is 29.9. The molecule has 5 rings (SSSR count). The molecule has 0 saturated carbocycles. The number of unbranched alkanes of at least 4 members (excludes halogenated alkanes) is 6. The predicted molar refractivity (Wildman–Crippen MR) is 253 cm³/mol. The van der Waals surface area contributed by atoms with Crippen LogP contribution < -0.4 is 24.8 Å². The number of hydrogen-bond donors (Lipinski definition) is 3. The number of piperidine rings is 1. The number of rotatable bonds is 23. The third kappa shape index (κ3) is 15.1. The molecule has 4 aromatic carbocycles. The molecule has 1 aliphatic rings. The van der Waals surface area contributed by atoms with E-state index in [9.17, 15) is 27.8 Å². The molecular formula is C49H68FN4O7SSi-. The number of halogens is 1. The van der Waals surface area contributed by atoms with E-state index in [-0.39, 0.29) is 17.2 Å². The Labute approximate surface area is 376 Å². The Morgan fingerprint density at radius 3 is 2.22 bits per heavy atom. The van der Waals surface area contributed by atoms with Gasteiger partial charge in [-0.3, -0.25) is 9.62 Å². The average Bonchev–Trinajstić information content (AvgIpc) is 3.23. The summed E-state index contributed by atoms with van der Waals surface area (Å²) in [6.45, 7) is 15.5. The summed E-state index contributed by atoms with van der Waals surface area (Å²) in [4.78, 5) is 16.4. The molecule has 1 aliphatic heterocycles. The monoisotopic (exact) mass is 903 g/mol. The minimum Gasteiger partial charge on any atom is -0.870 e. The van der Waals surface area contributed by atoms with Gasteiger partial charge in [-0.1, -0.05) is 125 Å². The van der Waals surface area contributed by atoms with Gasteiger partial charge in [0.25, 0.3) is 0 Å². The Morgan fingerprint density at radius 1 is 0.921 bits per heavy atom. The first-order valence-electron chi connectivity index (χ1n) is 22.4. The van der Waals surface area contributed by atoms with Crippen molar-refractivity contribution < 1.29 is 37.0 Å². The van der Waals surface area contributed by atoms with E-state index in [1.54, 1.807) is 30.3 Å². The highest BCUT2D eigenvalue weighted by atomic mass is 32.2. The summed E-state index contributed by atoms with van der Waals surface area (Å²) in [5.41, 5.74) is 3.84. The number of carboxylic acid groups (broad SMARTS) is 1. The van der Waals surface area contributed by atoms with Crippen molar-refractivity contribution in [3.8, 4) is 22.6 Å². The molecule has 0 radical (unpaired) electrons. The molecule has 0 unspecified atom stereocenters. The lowest BCUT2D eigenvalue weighted by molar-refractivity contribution is -0.272. The lowest BCUT2D eigenvalue weighted by atomic mass is 9.98. The Morgan fingerprint density at radius 2 is 1.57 bits per heavy atom. The van der Waals surface area contributed by atoms with E-state index in [2.05, 4.69) is 48.8 Å². The van der Waals surface area contributed by atoms with Crippen molar-refractivity contribution in [3.63, 3.8) is 0 Å². The second-order valence-corrected chi connectivity index (χ2v) is 24.8. The van der Waals surface area contributed by atoms with Gasteiger partial charge in [0, 0.05) is 31.2 Å². The molecule has 0 aliphatic carbocycles. The van der Waals surface area contributed by atoms with Crippen LogP contribution in [0.1, 0.15) is 95.8 Å². The maximum atomic E-state index is 14.2. The number of ether oxygens (including phenoxy) is 1. The summed E-state index contributed by atoms with van der Waals surface area (Å²) in [7, 11) is -5.75. The fourth-order valence-electron chi connectivity index (χ4n) is 7.80. The number of nitrogens with zero attached hydrogens (tertiary/aromatic N) is 2. The predicted octanol–water partition coefficient (Wildman–Crippen LogP) is 10.5. The zero-order valence-electron chi connectivity index (χ0n) is 38.0. The quantitative estimate of drug-likeness (QED) is 0.0490. The van der Waals surface area contributed by atoms with Crippen molar-refractivity contribution in [3.05, 3.63) is 108 Å². The molecule has 0 bridgehead atoms. The van der Waals surface area contributed by atoms with Crippen LogP contribution in [0.15, 0.2) is 91.0 Å². The summed E-state index contributed by atoms with van der Waals surface area (Å²) in [6.07, 6.45) is 9.24. The second kappa shape index (κ2) is 22.9. The van der Waals surface area contributed by atoms with Gasteiger partial charge in [0.05, 0.1) is 23.7 Å². The van der Waals surface area contributed by atoms with Crippen molar-refractivity contribution in [2.24, 2.45) is 0 Å². The first-order valence-corrected chi connectivity index (χ1v) is 27.2. The summed E-state index contributed by atoms with van der Waals surface area (Å²) < 4.78 is 54.7. The smallest absolute Gasteiger partial charge is 0.412 e. The molecule has 11 nitrogen and oxygen atoms in total. The van der Waals surface area contributed by atoms with Crippen LogP contribution in [0, 0.1) is 5.82 Å². The summed E-state index contributed by atoms with van der Waals surface area (Å²) >= 11 is 0. The Balaban J connectivity index is 1.03. The van der Waals surface area contributed by atoms with Gasteiger partial charge >= 0.3 is 6.09 Å². The number of nitrogens with one attached hydrogen (secondary N) is 2. The number of para-hydroxylation sites is 1. The van der Waals surface area contributed by atoms with Crippen LogP contribution in [-0.4, -0.2) is 77.9 Å². The highest BCUT2D eigenvalue weighted by Crippen LogP contribution is 2.41. The number of anilines is 2. The van der Waals surface area contributed by atoms with Crippen LogP contribution >= 0.6 is 0 Å². The molecule has 1 amide bonds. The zero-order chi connectivity index (χ0) is 45.6. The maximum absolute atomic E-state index is 14.2. The maximum Gasteiger partial charge on any atom is 0.412 e. The molecule has 1 saturated heterocycles. The molecule has 63 heavy (non-hydrogen) atoms. The average molecular weight is 904 g/mol. The van der Waals surface area contributed by atoms with Crippen LogP contribution in [0.2, 0.25) is 18.1 Å². The van der Waals surface area contributed by atoms with Gasteiger partial charge in [0.1, 0.15) is 18.2 Å². The SMILES string of the molecule is CC(C)(C)[Si](C)(C)O[C@@H](CNCCCCCCCCCN1CCC(N(C(=O)O)c2ccccc2-c2ccc([O-])c(F)c2)CC1)c1ccc(OCc2ccccc2)c(NS(C)(=O)=O)c1. The largest absolute Gasteiger partial charge is 0.870 e. The minimum absolute atomic E-state index is 0.00807. The van der Waals surface area contributed by atoms with E-state index in [0.29, 0.717) is 54.2 Å². The van der Waals surface area contributed by atoms with Crippen molar-refractivity contribution in [2.75, 3.05) is 48.6 Å². The van der Waals surface area contributed by atoms with Crippen molar-refractivity contribution in [2.45, 2.75) is 115 Å². The standard InChI is InChI=1S/C49H69FN4O7SSi/c1-49(2,3)63(5,6)61-47(39-24-26-46(43(34-39)52-62(4,58)59)60-36-37-19-13-12-14-20-37)35-51-29-17-10-8-7-9-11-18-30-53-31-27-40(28-32-53)54(48(56)57)44-22-16-15-21-41(44)38-23-25-45(55)42(50)33-38/h12-16,19-26,33-34,40,47,51-52,55H,7-11,17-18,27-32,35-36H2,1-6H3,(H,56,57)/p-1/t47-/m0/s1. The second-order valence-electron chi connectivity index (χ2n) is 18.3. The van der Waals surface area contributed by atoms with E-state index >= 15 is 0 Å². The Kier molecular flexibility index (Phi) is 18.0. The lowest BCUT2D eigenvalue weighted by Gasteiger charge is -2.39. The minimum atomic E-state index is -3.56. The number of likely N-dealkylation sites (tertiary alicyclic amines) is 1. The Bertz CT molecular complexity index is 2180. The topological polar surface area (TPSA) is 144 Å². The van der Waals surface area contributed by atoms with Crippen molar-refractivity contribution >= 4 is 35.8 Å². The molecule has 3 N–H and O–H groups in total. The fourth-order valence-corrected chi connectivity index (χ4v) is 9.65. The third-order valence-electron chi connectivity index (χ3n) is 12.3. The van der Waals surface area contributed by atoms with Gasteiger partial charge in [-0.05, 0) is 97.9 Å². The molecule has 0 spiro atoms. The highest BCUT2D eigenvalue weighted by molar-refractivity contribution is 7.92. The molecular weight excluding hydrogens is 836 g/mol.